The van der Waals surface area contributed by atoms with Crippen LogP contribution < -0.4 is 5.73 Å². The highest BCUT2D eigenvalue weighted by Gasteiger charge is 2.22. The van der Waals surface area contributed by atoms with Crippen molar-refractivity contribution in [3.8, 4) is 0 Å². The third-order valence-electron chi connectivity index (χ3n) is 2.73. The van der Waals surface area contributed by atoms with Gasteiger partial charge in [-0.2, -0.15) is 15.0 Å². The van der Waals surface area contributed by atoms with Gasteiger partial charge in [-0.05, 0) is 31.6 Å². The predicted octanol–water partition coefficient (Wildman–Crippen LogP) is 0.485. The molecule has 2 rings (SSSR count). The topological polar surface area (TPSA) is 56.7 Å². The van der Waals surface area contributed by atoms with Crippen molar-refractivity contribution in [2.24, 2.45) is 18.7 Å². The minimum atomic E-state index is 0.418. The molecule has 0 radical (unpaired) electrons. The van der Waals surface area contributed by atoms with E-state index in [0.717, 1.165) is 24.5 Å². The summed E-state index contributed by atoms with van der Waals surface area (Å²) in [4.78, 5) is 1.62. The Balaban J connectivity index is 1.91. The molecule has 4 heteroatoms. The second-order valence-corrected chi connectivity index (χ2v) is 3.97. The Labute approximate surface area is 78.1 Å². The van der Waals surface area contributed by atoms with E-state index in [2.05, 4.69) is 10.2 Å². The summed E-state index contributed by atoms with van der Waals surface area (Å²) in [6.07, 6.45) is 6.46. The van der Waals surface area contributed by atoms with E-state index in [1.54, 1.807) is 4.80 Å². The molecule has 0 spiro atoms. The Hall–Kier alpha value is -0.900. The molecule has 4 nitrogen and oxygen atoms in total. The molecule has 1 aromatic rings. The SMILES string of the molecule is Cn1ncc(CC2CCC(N)C2)n1. The second-order valence-electron chi connectivity index (χ2n) is 3.97. The lowest BCUT2D eigenvalue weighted by Crippen LogP contribution is -2.15. The van der Waals surface area contributed by atoms with Crippen molar-refractivity contribution in [1.82, 2.24) is 15.0 Å². The summed E-state index contributed by atoms with van der Waals surface area (Å²) in [5.41, 5.74) is 6.94. The van der Waals surface area contributed by atoms with Gasteiger partial charge in [0, 0.05) is 13.1 Å². The molecular weight excluding hydrogens is 164 g/mol. The number of nitrogens with two attached hydrogens (primary N) is 1. The molecule has 0 aliphatic heterocycles. The van der Waals surface area contributed by atoms with Gasteiger partial charge in [-0.15, -0.1) is 0 Å². The third-order valence-corrected chi connectivity index (χ3v) is 2.73. The van der Waals surface area contributed by atoms with Gasteiger partial charge in [0.2, 0.25) is 0 Å². The highest BCUT2D eigenvalue weighted by Crippen LogP contribution is 2.26. The van der Waals surface area contributed by atoms with E-state index in [1.807, 2.05) is 13.2 Å². The predicted molar refractivity (Wildman–Crippen MR) is 50.0 cm³/mol. The maximum Gasteiger partial charge on any atom is 0.0829 e. The molecule has 13 heavy (non-hydrogen) atoms. The fourth-order valence-corrected chi connectivity index (χ4v) is 2.08. The zero-order valence-electron chi connectivity index (χ0n) is 7.98. The number of hydrogen-bond acceptors (Lipinski definition) is 3. The molecule has 2 N–H and O–H groups in total. The van der Waals surface area contributed by atoms with Crippen LogP contribution in [0, 0.1) is 5.92 Å². The molecule has 0 amide bonds. The van der Waals surface area contributed by atoms with Crippen LogP contribution in [-0.2, 0) is 13.5 Å². The Morgan fingerprint density at radius 3 is 3.00 bits per heavy atom. The van der Waals surface area contributed by atoms with Crippen molar-refractivity contribution in [3.05, 3.63) is 11.9 Å². The fourth-order valence-electron chi connectivity index (χ4n) is 2.08. The lowest BCUT2D eigenvalue weighted by atomic mass is 10.0. The summed E-state index contributed by atoms with van der Waals surface area (Å²) < 4.78 is 0. The Bertz CT molecular complexity index is 281. The van der Waals surface area contributed by atoms with Gasteiger partial charge in [0.15, 0.2) is 0 Å². The van der Waals surface area contributed by atoms with E-state index < -0.39 is 0 Å². The summed E-state index contributed by atoms with van der Waals surface area (Å²) in [5, 5.41) is 8.32. The zero-order valence-corrected chi connectivity index (χ0v) is 7.98. The van der Waals surface area contributed by atoms with Gasteiger partial charge in [0.25, 0.3) is 0 Å². The molecule has 1 saturated carbocycles. The van der Waals surface area contributed by atoms with Crippen molar-refractivity contribution in [2.75, 3.05) is 0 Å². The first-order chi connectivity index (χ1) is 6.24. The van der Waals surface area contributed by atoms with Gasteiger partial charge in [-0.1, -0.05) is 0 Å². The number of hydrogen-bond donors (Lipinski definition) is 1. The minimum Gasteiger partial charge on any atom is -0.328 e. The van der Waals surface area contributed by atoms with Crippen LogP contribution in [0.1, 0.15) is 25.0 Å². The molecule has 0 aromatic carbocycles. The maximum atomic E-state index is 5.84. The van der Waals surface area contributed by atoms with Gasteiger partial charge < -0.3 is 5.73 Å². The molecule has 72 valence electrons. The van der Waals surface area contributed by atoms with Crippen molar-refractivity contribution in [2.45, 2.75) is 31.7 Å². The molecule has 1 aliphatic carbocycles. The Kier molecular flexibility index (Phi) is 2.31. The summed E-state index contributed by atoms with van der Waals surface area (Å²) in [7, 11) is 1.85. The van der Waals surface area contributed by atoms with E-state index in [9.17, 15) is 0 Å². The van der Waals surface area contributed by atoms with Gasteiger partial charge >= 0.3 is 0 Å². The van der Waals surface area contributed by atoms with Crippen LogP contribution in [0.25, 0.3) is 0 Å². The van der Waals surface area contributed by atoms with Crippen LogP contribution in [0.3, 0.4) is 0 Å². The van der Waals surface area contributed by atoms with Crippen molar-refractivity contribution < 1.29 is 0 Å². The highest BCUT2D eigenvalue weighted by atomic mass is 15.4. The van der Waals surface area contributed by atoms with Gasteiger partial charge in [-0.3, -0.25) is 0 Å². The van der Waals surface area contributed by atoms with E-state index in [0.29, 0.717) is 6.04 Å². The lowest BCUT2D eigenvalue weighted by molar-refractivity contribution is 0.522. The first-order valence-electron chi connectivity index (χ1n) is 4.85. The average molecular weight is 180 g/mol. The summed E-state index contributed by atoms with van der Waals surface area (Å²) in [6, 6.07) is 0.418. The van der Waals surface area contributed by atoms with Gasteiger partial charge in [0.05, 0.1) is 11.9 Å². The Morgan fingerprint density at radius 1 is 1.62 bits per heavy atom. The quantitative estimate of drug-likeness (QED) is 0.720. The number of aromatic nitrogens is 3. The summed E-state index contributed by atoms with van der Waals surface area (Å²) in [5.74, 6) is 0.728. The van der Waals surface area contributed by atoms with Gasteiger partial charge in [-0.25, -0.2) is 0 Å². The van der Waals surface area contributed by atoms with Crippen LogP contribution in [0.15, 0.2) is 6.20 Å². The lowest BCUT2D eigenvalue weighted by Gasteiger charge is -2.05. The number of rotatable bonds is 2. The maximum absolute atomic E-state index is 5.84. The minimum absolute atomic E-state index is 0.418. The van der Waals surface area contributed by atoms with Crippen LogP contribution >= 0.6 is 0 Å². The van der Waals surface area contributed by atoms with Crippen LogP contribution in [0.2, 0.25) is 0 Å². The normalized spacial score (nSPS) is 28.2. The van der Waals surface area contributed by atoms with Crippen molar-refractivity contribution in [1.29, 1.82) is 0 Å². The highest BCUT2D eigenvalue weighted by molar-refractivity contribution is 4.95. The molecule has 0 bridgehead atoms. The fraction of sp³-hybridized carbons (Fsp3) is 0.778. The largest absolute Gasteiger partial charge is 0.328 e. The molecular formula is C9H16N4. The van der Waals surface area contributed by atoms with Crippen LogP contribution in [0.5, 0.6) is 0 Å². The smallest absolute Gasteiger partial charge is 0.0829 e. The summed E-state index contributed by atoms with van der Waals surface area (Å²) >= 11 is 0. The first-order valence-corrected chi connectivity index (χ1v) is 4.85. The van der Waals surface area contributed by atoms with E-state index in [4.69, 9.17) is 5.73 Å². The number of nitrogens with zero attached hydrogens (tertiary/aromatic N) is 3. The first kappa shape index (κ1) is 8.69. The standard InChI is InChI=1S/C9H16N4/c1-13-11-6-9(12-13)5-7-2-3-8(10)4-7/h6-8H,2-5,10H2,1H3. The molecule has 1 heterocycles. The monoisotopic (exact) mass is 180 g/mol. The Morgan fingerprint density at radius 2 is 2.46 bits per heavy atom. The molecule has 0 saturated heterocycles. The second kappa shape index (κ2) is 3.46. The number of aryl methyl sites for hydroxylation is 1. The summed E-state index contributed by atoms with van der Waals surface area (Å²) in [6.45, 7) is 0. The van der Waals surface area contributed by atoms with E-state index >= 15 is 0 Å². The zero-order chi connectivity index (χ0) is 9.26. The molecule has 1 fully saturated rings. The van der Waals surface area contributed by atoms with Crippen LogP contribution in [0.4, 0.5) is 0 Å². The van der Waals surface area contributed by atoms with Gasteiger partial charge in [0.1, 0.15) is 0 Å². The van der Waals surface area contributed by atoms with Crippen LogP contribution in [-0.4, -0.2) is 21.0 Å². The molecule has 1 aromatic heterocycles. The molecule has 2 unspecified atom stereocenters. The van der Waals surface area contributed by atoms with E-state index in [-0.39, 0.29) is 0 Å². The van der Waals surface area contributed by atoms with Crippen molar-refractivity contribution >= 4 is 0 Å². The van der Waals surface area contributed by atoms with E-state index in [1.165, 1.54) is 12.8 Å². The van der Waals surface area contributed by atoms with Crippen molar-refractivity contribution in [3.63, 3.8) is 0 Å². The third kappa shape index (κ3) is 2.06. The molecule has 2 atom stereocenters. The average Bonchev–Trinajstić information content (AvgIpc) is 2.62. The molecule has 1 aliphatic rings.